The number of hydrogen-bond donors (Lipinski definition) is 2. The molecule has 0 fully saturated rings. The first-order valence-corrected chi connectivity index (χ1v) is 10.9. The Bertz CT molecular complexity index is 1390. The quantitative estimate of drug-likeness (QED) is 0.374. The fourth-order valence-electron chi connectivity index (χ4n) is 4.43. The van der Waals surface area contributed by atoms with Crippen molar-refractivity contribution in [1.29, 1.82) is 0 Å². The molecule has 0 unspecified atom stereocenters. The number of carboxylic acids is 1. The molecule has 170 valence electrons. The lowest BCUT2D eigenvalue weighted by atomic mass is 9.84. The number of pyridine rings is 2. The van der Waals surface area contributed by atoms with E-state index in [1.165, 1.54) is 0 Å². The third-order valence-corrected chi connectivity index (χ3v) is 5.82. The Hall–Kier alpha value is -3.51. The van der Waals surface area contributed by atoms with Gasteiger partial charge in [-0.05, 0) is 69.9 Å². The van der Waals surface area contributed by atoms with E-state index in [-0.39, 0.29) is 5.88 Å². The molecule has 6 nitrogen and oxygen atoms in total. The minimum Gasteiger partial charge on any atom is -0.492 e. The average Bonchev–Trinajstić information content (AvgIpc) is 2.74. The first kappa shape index (κ1) is 22.7. The van der Waals surface area contributed by atoms with Crippen LogP contribution in [0.3, 0.4) is 0 Å². The van der Waals surface area contributed by atoms with Crippen molar-refractivity contribution >= 4 is 27.8 Å². The normalized spacial score (nSPS) is 12.9. The van der Waals surface area contributed by atoms with Crippen LogP contribution in [0.25, 0.3) is 32.9 Å². The van der Waals surface area contributed by atoms with Crippen LogP contribution in [0.2, 0.25) is 0 Å². The fourth-order valence-corrected chi connectivity index (χ4v) is 4.43. The van der Waals surface area contributed by atoms with Gasteiger partial charge in [0.05, 0.1) is 11.1 Å². The minimum atomic E-state index is -1.21. The van der Waals surface area contributed by atoms with Crippen molar-refractivity contribution < 1.29 is 19.7 Å². The number of benzene rings is 2. The second kappa shape index (κ2) is 8.12. The van der Waals surface area contributed by atoms with Gasteiger partial charge in [0.1, 0.15) is 5.52 Å². The van der Waals surface area contributed by atoms with Gasteiger partial charge in [0, 0.05) is 22.5 Å². The van der Waals surface area contributed by atoms with Gasteiger partial charge in [0.2, 0.25) is 5.88 Å². The highest BCUT2D eigenvalue weighted by molar-refractivity contribution is 6.11. The van der Waals surface area contributed by atoms with Gasteiger partial charge in [-0.3, -0.25) is 4.98 Å². The molecule has 0 spiro atoms. The molecule has 0 bridgehead atoms. The lowest BCUT2D eigenvalue weighted by Gasteiger charge is -2.29. The Labute approximate surface area is 192 Å². The van der Waals surface area contributed by atoms with Crippen LogP contribution in [0.1, 0.15) is 49.1 Å². The summed E-state index contributed by atoms with van der Waals surface area (Å²) in [6.07, 6.45) is 0.405. The molecule has 2 heterocycles. The third kappa shape index (κ3) is 4.02. The number of carbonyl (C=O) groups is 1. The summed E-state index contributed by atoms with van der Waals surface area (Å²) in [6, 6.07) is 11.7. The van der Waals surface area contributed by atoms with Crippen molar-refractivity contribution in [3.63, 3.8) is 0 Å². The summed E-state index contributed by atoms with van der Waals surface area (Å²) >= 11 is 0. The van der Waals surface area contributed by atoms with Crippen LogP contribution in [-0.2, 0) is 9.53 Å². The second-order valence-electron chi connectivity index (χ2n) is 9.41. The largest absolute Gasteiger partial charge is 0.492 e. The van der Waals surface area contributed by atoms with Gasteiger partial charge in [-0.25, -0.2) is 9.78 Å². The van der Waals surface area contributed by atoms with Crippen molar-refractivity contribution in [2.45, 2.75) is 53.2 Å². The van der Waals surface area contributed by atoms with Gasteiger partial charge in [0.25, 0.3) is 0 Å². The van der Waals surface area contributed by atoms with Gasteiger partial charge < -0.3 is 14.9 Å². The highest BCUT2D eigenvalue weighted by Gasteiger charge is 2.33. The summed E-state index contributed by atoms with van der Waals surface area (Å²) in [4.78, 5) is 21.3. The number of ether oxygens (including phenoxy) is 1. The van der Waals surface area contributed by atoms with E-state index < -0.39 is 17.7 Å². The lowest BCUT2D eigenvalue weighted by molar-refractivity contribution is -0.160. The smallest absolute Gasteiger partial charge is 0.337 e. The summed E-state index contributed by atoms with van der Waals surface area (Å²) < 4.78 is 6.07. The number of aryl methyl sites for hydroxylation is 3. The van der Waals surface area contributed by atoms with E-state index in [4.69, 9.17) is 4.74 Å². The number of aromatic hydroxyl groups is 1. The first-order chi connectivity index (χ1) is 15.5. The summed E-state index contributed by atoms with van der Waals surface area (Å²) in [5.41, 5.74) is 5.13. The lowest BCUT2D eigenvalue weighted by Crippen LogP contribution is -2.28. The highest BCUT2D eigenvalue weighted by Crippen LogP contribution is 2.44. The second-order valence-corrected chi connectivity index (χ2v) is 9.41. The van der Waals surface area contributed by atoms with Crippen molar-refractivity contribution in [2.75, 3.05) is 0 Å². The first-order valence-electron chi connectivity index (χ1n) is 10.9. The summed E-state index contributed by atoms with van der Waals surface area (Å²) in [7, 11) is 0. The Morgan fingerprint density at radius 2 is 1.67 bits per heavy atom. The van der Waals surface area contributed by atoms with Crippen LogP contribution < -0.4 is 0 Å². The number of hydrogen-bond acceptors (Lipinski definition) is 5. The zero-order valence-corrected chi connectivity index (χ0v) is 19.7. The van der Waals surface area contributed by atoms with Crippen molar-refractivity contribution in [2.24, 2.45) is 0 Å². The zero-order chi connectivity index (χ0) is 24.1. The maximum atomic E-state index is 12.5. The molecule has 2 aromatic heterocycles. The predicted molar refractivity (Wildman–Crippen MR) is 130 cm³/mol. The van der Waals surface area contributed by atoms with Gasteiger partial charge >= 0.3 is 5.97 Å². The van der Waals surface area contributed by atoms with Gasteiger partial charge in [-0.1, -0.05) is 35.9 Å². The molecule has 0 aliphatic heterocycles. The van der Waals surface area contributed by atoms with E-state index in [1.807, 2.05) is 77.9 Å². The Morgan fingerprint density at radius 1 is 1.00 bits per heavy atom. The van der Waals surface area contributed by atoms with Crippen LogP contribution in [0, 0.1) is 20.8 Å². The van der Waals surface area contributed by atoms with Crippen molar-refractivity contribution in [1.82, 2.24) is 9.97 Å². The van der Waals surface area contributed by atoms with Crippen LogP contribution in [0.15, 0.2) is 42.6 Å². The van der Waals surface area contributed by atoms with Gasteiger partial charge in [-0.15, -0.1) is 0 Å². The van der Waals surface area contributed by atoms with Crippen LogP contribution >= 0.6 is 0 Å². The summed E-state index contributed by atoms with van der Waals surface area (Å²) in [5, 5.41) is 22.4. The van der Waals surface area contributed by atoms with E-state index in [0.717, 1.165) is 33.0 Å². The molecule has 0 amide bonds. The topological polar surface area (TPSA) is 92.5 Å². The maximum absolute atomic E-state index is 12.5. The van der Waals surface area contributed by atoms with Crippen LogP contribution in [0.5, 0.6) is 5.88 Å². The van der Waals surface area contributed by atoms with E-state index in [1.54, 1.807) is 6.20 Å². The number of aliphatic carboxylic acids is 1. The van der Waals surface area contributed by atoms with E-state index in [2.05, 4.69) is 9.97 Å². The number of nitrogens with zero attached hydrogens (tertiary/aromatic N) is 2. The SMILES string of the molecule is Cc1ccc(-c2c([C@H](OC(C)(C)C)C(=O)O)c(C)c3nc(O)c4ncccc4c3c2C)cc1. The minimum absolute atomic E-state index is 0.182. The Kier molecular flexibility index (Phi) is 5.58. The van der Waals surface area contributed by atoms with Crippen molar-refractivity contribution in [3.05, 3.63) is 64.8 Å². The van der Waals surface area contributed by atoms with Crippen molar-refractivity contribution in [3.8, 4) is 17.0 Å². The highest BCUT2D eigenvalue weighted by atomic mass is 16.5. The zero-order valence-electron chi connectivity index (χ0n) is 19.7. The molecule has 2 N–H and O–H groups in total. The molecular weight excluding hydrogens is 416 g/mol. The monoisotopic (exact) mass is 444 g/mol. The Morgan fingerprint density at radius 3 is 2.27 bits per heavy atom. The molecule has 33 heavy (non-hydrogen) atoms. The van der Waals surface area contributed by atoms with E-state index in [0.29, 0.717) is 22.2 Å². The molecule has 0 saturated carbocycles. The van der Waals surface area contributed by atoms with Gasteiger partial charge in [-0.2, -0.15) is 0 Å². The molecule has 4 rings (SSSR count). The van der Waals surface area contributed by atoms with Gasteiger partial charge in [0.15, 0.2) is 6.10 Å². The molecule has 0 aliphatic rings. The predicted octanol–water partition coefficient (Wildman–Crippen LogP) is 6.02. The van der Waals surface area contributed by atoms with E-state index in [9.17, 15) is 15.0 Å². The summed E-state index contributed by atoms with van der Waals surface area (Å²) in [5.74, 6) is -1.26. The summed E-state index contributed by atoms with van der Waals surface area (Å²) in [6.45, 7) is 11.3. The molecular formula is C27H28N2O4. The van der Waals surface area contributed by atoms with Crippen LogP contribution in [0.4, 0.5) is 0 Å². The molecule has 0 saturated heterocycles. The third-order valence-electron chi connectivity index (χ3n) is 5.82. The number of rotatable bonds is 4. The molecule has 1 atom stereocenters. The maximum Gasteiger partial charge on any atom is 0.337 e. The number of aromatic nitrogens is 2. The molecule has 6 heteroatoms. The molecule has 0 aliphatic carbocycles. The molecule has 2 aromatic carbocycles. The average molecular weight is 445 g/mol. The van der Waals surface area contributed by atoms with E-state index >= 15 is 0 Å². The molecule has 0 radical (unpaired) electrons. The number of fused-ring (bicyclic) bond motifs is 3. The fraction of sp³-hybridized carbons (Fsp3) is 0.296. The van der Waals surface area contributed by atoms with Crippen LogP contribution in [-0.4, -0.2) is 31.8 Å². The standard InChI is InChI=1S/C27H28N2O4/c1-14-9-11-17(12-10-14)19-15(2)20-18-8-7-13-28-23(18)25(30)29-22(20)16(3)21(19)24(26(31)32)33-27(4,5)6/h7-13,24H,1-6H3,(H,29,30)(H,31,32)/t24-/m0/s1. The Balaban J connectivity index is 2.21. The molecule has 4 aromatic rings. The number of carboxylic acid groups (broad SMARTS) is 1.